The number of anilines is 2. The molecular formula is C50H32N8O17S5. The summed E-state index contributed by atoms with van der Waals surface area (Å²) in [5, 5.41) is 26.0. The van der Waals surface area contributed by atoms with Crippen LogP contribution in [0.2, 0.25) is 0 Å². The smallest absolute Gasteiger partial charge is 0.287 e. The van der Waals surface area contributed by atoms with E-state index in [1.807, 2.05) is 0 Å². The third-order valence-electron chi connectivity index (χ3n) is 12.3. The third-order valence-corrected chi connectivity index (χ3v) is 16.6. The Hall–Kier alpha value is -8.95. The molecule has 0 aliphatic heterocycles. The van der Waals surface area contributed by atoms with Crippen LogP contribution in [0.3, 0.4) is 0 Å². The molecule has 10 rings (SSSR count). The van der Waals surface area contributed by atoms with Crippen molar-refractivity contribution < 1.29 is 74.4 Å². The second kappa shape index (κ2) is 20.1. The standard InChI is InChI=1S/C50H32N8O17S5/c59-44-19-9-26-20-30(76(61,62)63)11-13-32(26)48(44)57-51-28-10-8-27-21-47(80(73,74)75)49(50(60)37(27)22-28)58-56-43-18-17-42(35-14-12-31(25-38(35)43)77(64,65)66)55-54-41-16-15-40(33-4-1-2-5-34(33)41)53-52-29-23-39-36(46(24-29)79(70,71)72)6-3-7-45(39)78(67,68)69/h1-25,51,56H,(H,61,62,63)(H,64,65,66)(H,67,68,69)(H,70,71,72)(H,73,74,75). The topological polar surface area (TPSA) is 404 Å². The fourth-order valence-electron chi connectivity index (χ4n) is 8.61. The van der Waals surface area contributed by atoms with Crippen LogP contribution in [0.25, 0.3) is 44.5 Å². The van der Waals surface area contributed by atoms with Crippen LogP contribution in [0, 0.1) is 0 Å². The van der Waals surface area contributed by atoms with Gasteiger partial charge in [-0.2, -0.15) is 57.4 Å². The van der Waals surface area contributed by atoms with E-state index in [0.29, 0.717) is 10.8 Å². The Kier molecular flexibility index (Phi) is 13.6. The van der Waals surface area contributed by atoms with E-state index >= 15 is 0 Å². The molecule has 0 aromatic heterocycles. The minimum absolute atomic E-state index is 0.00868. The van der Waals surface area contributed by atoms with Crippen molar-refractivity contribution in [3.8, 4) is 0 Å². The van der Waals surface area contributed by atoms with Gasteiger partial charge in [0.1, 0.15) is 20.4 Å². The summed E-state index contributed by atoms with van der Waals surface area (Å²) in [4.78, 5) is 23.7. The maximum Gasteiger partial charge on any atom is 0.296 e. The number of carbonyl (C=O) groups excluding carboxylic acids is 2. The second-order valence-electron chi connectivity index (χ2n) is 17.3. The van der Waals surface area contributed by atoms with E-state index < -0.39 is 92.4 Å². The van der Waals surface area contributed by atoms with E-state index in [1.165, 1.54) is 72.8 Å². The highest BCUT2D eigenvalue weighted by Crippen LogP contribution is 2.40. The van der Waals surface area contributed by atoms with E-state index in [-0.39, 0.29) is 83.6 Å². The number of benzene rings is 8. The zero-order chi connectivity index (χ0) is 57.3. The number of hydrogen-bond acceptors (Lipinski definition) is 20. The van der Waals surface area contributed by atoms with Gasteiger partial charge in [-0.3, -0.25) is 43.2 Å². The van der Waals surface area contributed by atoms with Crippen molar-refractivity contribution >= 4 is 152 Å². The molecule has 0 amide bonds. The van der Waals surface area contributed by atoms with E-state index in [0.717, 1.165) is 54.6 Å². The summed E-state index contributed by atoms with van der Waals surface area (Å²) in [6, 6.07) is 28.7. The number of ketones is 2. The van der Waals surface area contributed by atoms with Crippen LogP contribution in [0.15, 0.2) is 195 Å². The van der Waals surface area contributed by atoms with Gasteiger partial charge in [0.05, 0.1) is 43.9 Å². The molecule has 0 saturated carbocycles. The molecule has 30 heteroatoms. The number of hydrogen-bond donors (Lipinski definition) is 7. The maximum atomic E-state index is 14.2. The summed E-state index contributed by atoms with van der Waals surface area (Å²) in [5.41, 5.74) is 4.88. The van der Waals surface area contributed by atoms with Gasteiger partial charge in [0.2, 0.25) is 11.6 Å². The second-order valence-corrected chi connectivity index (χ2v) is 24.3. The van der Waals surface area contributed by atoms with Crippen molar-refractivity contribution in [1.29, 1.82) is 0 Å². The number of Topliss-reactive ketones (excluding diaryl/α,β-unsaturated/α-hetero) is 1. The number of rotatable bonds is 13. The van der Waals surface area contributed by atoms with Crippen LogP contribution in [-0.2, 0) is 55.4 Å². The molecule has 7 N–H and O–H groups in total. The number of carbonyl (C=O) groups is 2. The lowest BCUT2D eigenvalue weighted by Gasteiger charge is -2.18. The number of allylic oxidation sites excluding steroid dienone is 2. The van der Waals surface area contributed by atoms with Gasteiger partial charge in [-0.1, -0.05) is 60.7 Å². The van der Waals surface area contributed by atoms with Crippen LogP contribution < -0.4 is 10.9 Å². The first-order chi connectivity index (χ1) is 37.6. The Morgan fingerprint density at radius 1 is 0.400 bits per heavy atom. The van der Waals surface area contributed by atoms with E-state index in [4.69, 9.17) is 0 Å². The molecule has 0 bridgehead atoms. The molecule has 0 saturated heterocycles. The van der Waals surface area contributed by atoms with E-state index in [1.54, 1.807) is 24.3 Å². The van der Waals surface area contributed by atoms with Gasteiger partial charge in [0.25, 0.3) is 50.6 Å². The van der Waals surface area contributed by atoms with Crippen molar-refractivity contribution in [2.75, 3.05) is 10.9 Å². The lowest BCUT2D eigenvalue weighted by Crippen LogP contribution is -2.27. The predicted octanol–water partition coefficient (Wildman–Crippen LogP) is 9.27. The Morgan fingerprint density at radius 3 is 1.62 bits per heavy atom. The van der Waals surface area contributed by atoms with Gasteiger partial charge in [-0.25, -0.2) is 0 Å². The van der Waals surface area contributed by atoms with Crippen molar-refractivity contribution in [1.82, 2.24) is 0 Å². The summed E-state index contributed by atoms with van der Waals surface area (Å²) in [7, 11) is -24.4. The number of nitrogens with one attached hydrogen (secondary N) is 2. The molecule has 80 heavy (non-hydrogen) atoms. The number of nitrogens with zero attached hydrogens (tertiary/aromatic N) is 6. The van der Waals surface area contributed by atoms with Crippen molar-refractivity contribution in [3.05, 3.63) is 167 Å². The lowest BCUT2D eigenvalue weighted by molar-refractivity contribution is -0.108. The zero-order valence-electron chi connectivity index (χ0n) is 39.8. The number of azo groups is 2. The fraction of sp³-hybridized carbons (Fsp3) is 0. The van der Waals surface area contributed by atoms with Gasteiger partial charge >= 0.3 is 0 Å². The van der Waals surface area contributed by atoms with E-state index in [2.05, 4.69) is 41.5 Å². The first kappa shape index (κ1) is 54.4. The molecule has 2 aliphatic rings. The van der Waals surface area contributed by atoms with Crippen LogP contribution in [0.4, 0.5) is 34.1 Å². The minimum atomic E-state index is -5.17. The van der Waals surface area contributed by atoms with Gasteiger partial charge < -0.3 is 0 Å². The third kappa shape index (κ3) is 10.8. The Balaban J connectivity index is 0.971. The summed E-state index contributed by atoms with van der Waals surface area (Å²) in [6.07, 6.45) is 3.42. The van der Waals surface area contributed by atoms with E-state index in [9.17, 15) is 74.4 Å². The Morgan fingerprint density at radius 2 is 0.988 bits per heavy atom. The average Bonchev–Trinajstić information content (AvgIpc) is 3.42. The minimum Gasteiger partial charge on any atom is -0.287 e. The molecule has 8 aromatic rings. The largest absolute Gasteiger partial charge is 0.296 e. The average molecular weight is 1180 g/mol. The number of fused-ring (bicyclic) bond motifs is 5. The zero-order valence-corrected chi connectivity index (χ0v) is 43.9. The highest BCUT2D eigenvalue weighted by Gasteiger charge is 2.34. The van der Waals surface area contributed by atoms with Crippen LogP contribution in [0.5, 0.6) is 0 Å². The van der Waals surface area contributed by atoms with Crippen molar-refractivity contribution in [2.24, 2.45) is 30.7 Å². The SMILES string of the molecule is O=C1C=Cc2cc(S(=O)(=O)O)ccc2C1=NNc1ccc2c(c1)C(=O)C(=NNc1ccc(N=Nc3ccc(N=Nc4cc(S(=O)(=O)O)c5cccc(S(=O)(=O)O)c5c4)c4ccccc34)c3ccc(S(=O)(=O)O)cc13)C(S(=O)(=O)O)=C2. The molecular weight excluding hydrogens is 1140 g/mol. The summed E-state index contributed by atoms with van der Waals surface area (Å²) in [6.45, 7) is 0. The molecule has 8 aromatic carbocycles. The van der Waals surface area contributed by atoms with Gasteiger partial charge in [-0.15, -0.1) is 15.3 Å². The quantitative estimate of drug-likeness (QED) is 0.0321. The van der Waals surface area contributed by atoms with Crippen LogP contribution in [-0.4, -0.2) is 87.8 Å². The first-order valence-electron chi connectivity index (χ1n) is 22.4. The monoisotopic (exact) mass is 1180 g/mol. The normalized spacial score (nSPS) is 15.3. The van der Waals surface area contributed by atoms with Gasteiger partial charge in [0.15, 0.2) is 5.71 Å². The fourth-order valence-corrected chi connectivity index (χ4v) is 11.7. The molecule has 0 spiro atoms. The summed E-state index contributed by atoms with van der Waals surface area (Å²) < 4.78 is 173. The molecule has 2 aliphatic carbocycles. The Labute approximate surface area is 451 Å². The highest BCUT2D eigenvalue weighted by molar-refractivity contribution is 7.91. The predicted molar refractivity (Wildman–Crippen MR) is 291 cm³/mol. The summed E-state index contributed by atoms with van der Waals surface area (Å²) >= 11 is 0. The molecule has 0 unspecified atom stereocenters. The molecule has 0 radical (unpaired) electrons. The van der Waals surface area contributed by atoms with Gasteiger partial charge in [-0.05, 0) is 102 Å². The molecule has 0 atom stereocenters. The molecule has 25 nitrogen and oxygen atoms in total. The van der Waals surface area contributed by atoms with Crippen LogP contribution in [0.1, 0.15) is 27.0 Å². The molecule has 404 valence electrons. The highest BCUT2D eigenvalue weighted by atomic mass is 32.2. The van der Waals surface area contributed by atoms with Crippen molar-refractivity contribution in [2.45, 2.75) is 19.6 Å². The molecule has 0 heterocycles. The maximum absolute atomic E-state index is 14.2. The molecule has 0 fully saturated rings. The Bertz CT molecular complexity index is 4910. The summed E-state index contributed by atoms with van der Waals surface area (Å²) in [5.74, 6) is -1.62. The first-order valence-corrected chi connectivity index (χ1v) is 29.6. The van der Waals surface area contributed by atoms with Gasteiger partial charge in [0, 0.05) is 43.4 Å². The number of hydrazone groups is 2. The lowest BCUT2D eigenvalue weighted by atomic mass is 9.94. The van der Waals surface area contributed by atoms with Crippen molar-refractivity contribution in [3.63, 3.8) is 0 Å². The van der Waals surface area contributed by atoms with Crippen LogP contribution >= 0.6 is 0 Å².